The van der Waals surface area contributed by atoms with Gasteiger partial charge in [0, 0.05) is 0 Å². The van der Waals surface area contributed by atoms with E-state index in [-0.39, 0.29) is 19.0 Å². The number of benzene rings is 2. The first-order valence-corrected chi connectivity index (χ1v) is 6.44. The molecule has 0 aliphatic carbocycles. The fourth-order valence-electron chi connectivity index (χ4n) is 1.72. The number of ether oxygens (including phenoxy) is 2. The number of hydrogen-bond donors (Lipinski definition) is 0. The molecular weight excluding hydrogens is 271 g/mol. The molecular formula is C17H15FO3. The molecule has 108 valence electrons. The van der Waals surface area contributed by atoms with Crippen LogP contribution in [0.2, 0.25) is 0 Å². The molecule has 0 fully saturated rings. The summed E-state index contributed by atoms with van der Waals surface area (Å²) in [6.45, 7) is 3.87. The van der Waals surface area contributed by atoms with E-state index in [1.165, 1.54) is 18.2 Å². The van der Waals surface area contributed by atoms with Gasteiger partial charge in [0.2, 0.25) is 0 Å². The van der Waals surface area contributed by atoms with E-state index in [0.29, 0.717) is 11.3 Å². The Morgan fingerprint density at radius 1 is 1.19 bits per heavy atom. The Labute approximate surface area is 122 Å². The Morgan fingerprint density at radius 3 is 2.76 bits per heavy atom. The van der Waals surface area contributed by atoms with Gasteiger partial charge >= 0.3 is 5.97 Å². The van der Waals surface area contributed by atoms with E-state index in [0.717, 1.165) is 5.56 Å². The second kappa shape index (κ2) is 7.24. The van der Waals surface area contributed by atoms with Crippen LogP contribution < -0.4 is 4.74 Å². The molecule has 0 aromatic heterocycles. The highest BCUT2D eigenvalue weighted by molar-refractivity contribution is 5.89. The van der Waals surface area contributed by atoms with Crippen LogP contribution in [-0.4, -0.2) is 12.6 Å². The zero-order valence-corrected chi connectivity index (χ0v) is 11.4. The van der Waals surface area contributed by atoms with E-state index in [1.54, 1.807) is 36.4 Å². The second-order valence-corrected chi connectivity index (χ2v) is 4.33. The lowest BCUT2D eigenvalue weighted by molar-refractivity contribution is 0.0549. The summed E-state index contributed by atoms with van der Waals surface area (Å²) in [6, 6.07) is 12.8. The van der Waals surface area contributed by atoms with E-state index < -0.39 is 5.97 Å². The van der Waals surface area contributed by atoms with Crippen LogP contribution in [-0.2, 0) is 11.3 Å². The molecule has 0 saturated heterocycles. The summed E-state index contributed by atoms with van der Waals surface area (Å²) >= 11 is 0. The highest BCUT2D eigenvalue weighted by Crippen LogP contribution is 2.16. The Hall–Kier alpha value is -2.62. The average Bonchev–Trinajstić information content (AvgIpc) is 2.51. The minimum atomic E-state index is -0.439. The first kappa shape index (κ1) is 14.8. The highest BCUT2D eigenvalue weighted by Gasteiger charge is 2.07. The van der Waals surface area contributed by atoms with Crippen molar-refractivity contribution < 1.29 is 18.7 Å². The molecule has 4 heteroatoms. The van der Waals surface area contributed by atoms with Crippen molar-refractivity contribution in [3.05, 3.63) is 78.1 Å². The van der Waals surface area contributed by atoms with Gasteiger partial charge in [-0.3, -0.25) is 0 Å². The zero-order valence-electron chi connectivity index (χ0n) is 11.4. The van der Waals surface area contributed by atoms with Gasteiger partial charge in [0.05, 0.1) is 5.56 Å². The number of rotatable bonds is 6. The SMILES string of the molecule is C=CCOC(=O)c1cccc(OCc2cccc(F)c2)c1. The van der Waals surface area contributed by atoms with E-state index in [4.69, 9.17) is 9.47 Å². The summed E-state index contributed by atoms with van der Waals surface area (Å²) in [4.78, 5) is 11.7. The molecule has 0 aliphatic heterocycles. The van der Waals surface area contributed by atoms with Crippen LogP contribution in [0, 0.1) is 5.82 Å². The molecule has 0 N–H and O–H groups in total. The Balaban J connectivity index is 2.00. The standard InChI is InChI=1S/C17H15FO3/c1-2-9-20-17(19)14-6-4-8-16(11-14)21-12-13-5-3-7-15(18)10-13/h2-8,10-11H,1,9,12H2. The fourth-order valence-corrected chi connectivity index (χ4v) is 1.72. The number of halogens is 1. The predicted molar refractivity (Wildman–Crippen MR) is 77.7 cm³/mol. The maximum absolute atomic E-state index is 13.1. The third-order valence-electron chi connectivity index (χ3n) is 2.70. The van der Waals surface area contributed by atoms with E-state index >= 15 is 0 Å². The van der Waals surface area contributed by atoms with Crippen LogP contribution in [0.3, 0.4) is 0 Å². The van der Waals surface area contributed by atoms with Gasteiger partial charge in [-0.1, -0.05) is 30.9 Å². The van der Waals surface area contributed by atoms with Crippen LogP contribution >= 0.6 is 0 Å². The molecule has 0 heterocycles. The van der Waals surface area contributed by atoms with Crippen LogP contribution in [0.25, 0.3) is 0 Å². The molecule has 0 bridgehead atoms. The molecule has 0 radical (unpaired) electrons. The molecule has 21 heavy (non-hydrogen) atoms. The fraction of sp³-hybridized carbons (Fsp3) is 0.118. The summed E-state index contributed by atoms with van der Waals surface area (Å²) < 4.78 is 23.6. The van der Waals surface area contributed by atoms with Crippen molar-refractivity contribution in [2.75, 3.05) is 6.61 Å². The maximum Gasteiger partial charge on any atom is 0.338 e. The molecule has 0 spiro atoms. The first-order valence-electron chi connectivity index (χ1n) is 6.44. The number of carbonyl (C=O) groups excluding carboxylic acids is 1. The van der Waals surface area contributed by atoms with Crippen molar-refractivity contribution in [2.24, 2.45) is 0 Å². The zero-order chi connectivity index (χ0) is 15.1. The van der Waals surface area contributed by atoms with E-state index in [9.17, 15) is 9.18 Å². The number of hydrogen-bond acceptors (Lipinski definition) is 3. The van der Waals surface area contributed by atoms with Crippen molar-refractivity contribution in [3.63, 3.8) is 0 Å². The van der Waals surface area contributed by atoms with Gasteiger partial charge in [0.25, 0.3) is 0 Å². The van der Waals surface area contributed by atoms with Gasteiger partial charge in [-0.25, -0.2) is 9.18 Å². The predicted octanol–water partition coefficient (Wildman–Crippen LogP) is 3.75. The molecule has 2 aromatic carbocycles. The summed E-state index contributed by atoms with van der Waals surface area (Å²) in [5, 5.41) is 0. The minimum absolute atomic E-state index is 0.160. The lowest BCUT2D eigenvalue weighted by atomic mass is 10.2. The van der Waals surface area contributed by atoms with Crippen LogP contribution in [0.5, 0.6) is 5.75 Å². The quantitative estimate of drug-likeness (QED) is 0.599. The highest BCUT2D eigenvalue weighted by atomic mass is 19.1. The third-order valence-corrected chi connectivity index (χ3v) is 2.70. The monoisotopic (exact) mass is 286 g/mol. The van der Waals surface area contributed by atoms with Crippen LogP contribution in [0.4, 0.5) is 4.39 Å². The smallest absolute Gasteiger partial charge is 0.338 e. The van der Waals surface area contributed by atoms with Gasteiger partial charge < -0.3 is 9.47 Å². The summed E-state index contributed by atoms with van der Waals surface area (Å²) in [7, 11) is 0. The number of esters is 1. The maximum atomic E-state index is 13.1. The molecule has 2 rings (SSSR count). The lowest BCUT2D eigenvalue weighted by Crippen LogP contribution is -2.05. The summed E-state index contributed by atoms with van der Waals surface area (Å²) in [5.41, 5.74) is 1.11. The minimum Gasteiger partial charge on any atom is -0.489 e. The average molecular weight is 286 g/mol. The van der Waals surface area contributed by atoms with Gasteiger partial charge in [-0.2, -0.15) is 0 Å². The van der Waals surface area contributed by atoms with Gasteiger partial charge in [0.15, 0.2) is 0 Å². The molecule has 0 saturated carbocycles. The van der Waals surface area contributed by atoms with Crippen molar-refractivity contribution >= 4 is 5.97 Å². The molecule has 3 nitrogen and oxygen atoms in total. The summed E-state index contributed by atoms with van der Waals surface area (Å²) in [5.74, 6) is -0.226. The van der Waals surface area contributed by atoms with Gasteiger partial charge in [-0.15, -0.1) is 0 Å². The van der Waals surface area contributed by atoms with Crippen molar-refractivity contribution in [2.45, 2.75) is 6.61 Å². The molecule has 0 amide bonds. The Morgan fingerprint density at radius 2 is 2.00 bits per heavy atom. The summed E-state index contributed by atoms with van der Waals surface area (Å²) in [6.07, 6.45) is 1.50. The lowest BCUT2D eigenvalue weighted by Gasteiger charge is -2.08. The topological polar surface area (TPSA) is 35.5 Å². The van der Waals surface area contributed by atoms with Crippen molar-refractivity contribution in [1.29, 1.82) is 0 Å². The van der Waals surface area contributed by atoms with Gasteiger partial charge in [0.1, 0.15) is 24.8 Å². The van der Waals surface area contributed by atoms with Gasteiger partial charge in [-0.05, 0) is 35.9 Å². The molecule has 2 aromatic rings. The van der Waals surface area contributed by atoms with Crippen molar-refractivity contribution in [3.8, 4) is 5.75 Å². The number of carbonyl (C=O) groups is 1. The largest absolute Gasteiger partial charge is 0.489 e. The Kier molecular flexibility index (Phi) is 5.10. The first-order chi connectivity index (χ1) is 10.2. The second-order valence-electron chi connectivity index (χ2n) is 4.33. The van der Waals surface area contributed by atoms with Crippen LogP contribution in [0.15, 0.2) is 61.2 Å². The van der Waals surface area contributed by atoms with Crippen molar-refractivity contribution in [1.82, 2.24) is 0 Å². The molecule has 0 unspecified atom stereocenters. The Bertz CT molecular complexity index is 637. The van der Waals surface area contributed by atoms with E-state index in [1.807, 2.05) is 0 Å². The molecule has 0 atom stereocenters. The normalized spacial score (nSPS) is 9.95. The van der Waals surface area contributed by atoms with Crippen LogP contribution in [0.1, 0.15) is 15.9 Å². The van der Waals surface area contributed by atoms with E-state index in [2.05, 4.69) is 6.58 Å². The third kappa shape index (κ3) is 4.45. The molecule has 0 aliphatic rings.